The lowest BCUT2D eigenvalue weighted by Crippen LogP contribution is -2.39. The maximum atomic E-state index is 11.3. The Kier molecular flexibility index (Phi) is 9.23. The number of hydrogen-bond donors (Lipinski definition) is 2. The van der Waals surface area contributed by atoms with Crippen LogP contribution >= 0.6 is 0 Å². The van der Waals surface area contributed by atoms with Crippen molar-refractivity contribution in [3.8, 4) is 0 Å². The molecule has 3 N–H and O–H groups in total. The number of guanidine groups is 1. The molecule has 0 amide bonds. The van der Waals surface area contributed by atoms with Crippen LogP contribution < -0.4 is 10.5 Å². The van der Waals surface area contributed by atoms with Crippen molar-refractivity contribution in [2.45, 2.75) is 44.0 Å². The van der Waals surface area contributed by atoms with Crippen LogP contribution in [0, 0.1) is 0 Å². The Balaban J connectivity index is 2.63. The molecule has 25 heavy (non-hydrogen) atoms. The van der Waals surface area contributed by atoms with E-state index in [2.05, 4.69) is 21.8 Å². The fourth-order valence-corrected chi connectivity index (χ4v) is 2.86. The van der Waals surface area contributed by atoms with Gasteiger partial charge in [0, 0.05) is 20.1 Å². The van der Waals surface area contributed by atoms with E-state index in [1.165, 1.54) is 25.0 Å². The van der Waals surface area contributed by atoms with Crippen LogP contribution in [0.2, 0.25) is 0 Å². The summed E-state index contributed by atoms with van der Waals surface area (Å²) >= 11 is 0. The summed E-state index contributed by atoms with van der Waals surface area (Å²) in [6.45, 7) is 7.99. The second-order valence-electron chi connectivity index (χ2n) is 5.92. The Morgan fingerprint density at radius 1 is 1.28 bits per heavy atom. The van der Waals surface area contributed by atoms with E-state index in [4.69, 9.17) is 5.14 Å². The Bertz CT molecular complexity index is 654. The number of sulfonamides is 1. The standard InChI is InChI=1S/C18H30N4O2S/c1-4-6-7-8-9-14-22(3)18(20-5-2)21-15-16-10-12-17(13-11-16)25(19,23)24/h4,10-13H,1,5-9,14-15H2,2-3H3,(H,20,21)(H2,19,23,24). The maximum absolute atomic E-state index is 11.3. The summed E-state index contributed by atoms with van der Waals surface area (Å²) in [5.41, 5.74) is 0.933. The van der Waals surface area contributed by atoms with Crippen molar-refractivity contribution in [3.05, 3.63) is 42.5 Å². The summed E-state index contributed by atoms with van der Waals surface area (Å²) in [7, 11) is -1.63. The third-order valence-electron chi connectivity index (χ3n) is 3.76. The minimum atomic E-state index is -3.65. The predicted molar refractivity (Wildman–Crippen MR) is 104 cm³/mol. The van der Waals surface area contributed by atoms with Gasteiger partial charge in [0.05, 0.1) is 11.4 Å². The molecule has 0 unspecified atom stereocenters. The minimum absolute atomic E-state index is 0.115. The Morgan fingerprint density at radius 2 is 1.96 bits per heavy atom. The van der Waals surface area contributed by atoms with E-state index in [1.807, 2.05) is 20.0 Å². The largest absolute Gasteiger partial charge is 0.357 e. The summed E-state index contributed by atoms with van der Waals surface area (Å²) in [6.07, 6.45) is 6.47. The van der Waals surface area contributed by atoms with Crippen LogP contribution in [0.1, 0.15) is 38.2 Å². The molecule has 0 atom stereocenters. The molecule has 1 aromatic rings. The van der Waals surface area contributed by atoms with Crippen LogP contribution in [0.4, 0.5) is 0 Å². The van der Waals surface area contributed by atoms with E-state index in [-0.39, 0.29) is 4.90 Å². The van der Waals surface area contributed by atoms with Crippen molar-refractivity contribution in [2.24, 2.45) is 10.1 Å². The fourth-order valence-electron chi connectivity index (χ4n) is 2.34. The zero-order valence-electron chi connectivity index (χ0n) is 15.2. The van der Waals surface area contributed by atoms with Crippen LogP contribution in [0.25, 0.3) is 0 Å². The van der Waals surface area contributed by atoms with Gasteiger partial charge >= 0.3 is 0 Å². The molecule has 0 bridgehead atoms. The van der Waals surface area contributed by atoms with Gasteiger partial charge in [0.1, 0.15) is 0 Å². The number of nitrogens with two attached hydrogens (primary N) is 1. The Labute approximate surface area is 151 Å². The van der Waals surface area contributed by atoms with Crippen molar-refractivity contribution in [3.63, 3.8) is 0 Å². The lowest BCUT2D eigenvalue weighted by molar-refractivity contribution is 0.455. The van der Waals surface area contributed by atoms with Gasteiger partial charge in [-0.2, -0.15) is 0 Å². The summed E-state index contributed by atoms with van der Waals surface area (Å²) in [4.78, 5) is 6.86. The molecular formula is C18H30N4O2S. The average molecular weight is 367 g/mol. The van der Waals surface area contributed by atoms with Crippen LogP contribution in [-0.2, 0) is 16.6 Å². The highest BCUT2D eigenvalue weighted by Gasteiger charge is 2.08. The van der Waals surface area contributed by atoms with Crippen molar-refractivity contribution in [1.29, 1.82) is 0 Å². The second kappa shape index (κ2) is 10.9. The average Bonchev–Trinajstić information content (AvgIpc) is 2.57. The van der Waals surface area contributed by atoms with Gasteiger partial charge in [-0.15, -0.1) is 6.58 Å². The molecule has 0 fully saturated rings. The number of nitrogens with one attached hydrogen (secondary N) is 1. The Morgan fingerprint density at radius 3 is 2.52 bits per heavy atom. The van der Waals surface area contributed by atoms with Gasteiger partial charge in [-0.25, -0.2) is 18.5 Å². The van der Waals surface area contributed by atoms with E-state index >= 15 is 0 Å². The van der Waals surface area contributed by atoms with Gasteiger partial charge in [-0.05, 0) is 43.9 Å². The molecule has 0 spiro atoms. The van der Waals surface area contributed by atoms with E-state index in [0.717, 1.165) is 37.5 Å². The van der Waals surface area contributed by atoms with Crippen LogP contribution in [0.5, 0.6) is 0 Å². The maximum Gasteiger partial charge on any atom is 0.238 e. The molecule has 0 heterocycles. The monoisotopic (exact) mass is 366 g/mol. The molecule has 0 aliphatic heterocycles. The summed E-state index contributed by atoms with van der Waals surface area (Å²) in [5.74, 6) is 0.849. The zero-order chi connectivity index (χ0) is 18.7. The van der Waals surface area contributed by atoms with Gasteiger partial charge in [-0.1, -0.05) is 24.6 Å². The normalized spacial score (nSPS) is 12.0. The summed E-state index contributed by atoms with van der Waals surface area (Å²) < 4.78 is 22.6. The molecule has 1 aromatic carbocycles. The number of nitrogens with zero attached hydrogens (tertiary/aromatic N) is 2. The highest BCUT2D eigenvalue weighted by Crippen LogP contribution is 2.10. The number of hydrogen-bond acceptors (Lipinski definition) is 3. The van der Waals surface area contributed by atoms with Gasteiger partial charge in [-0.3, -0.25) is 0 Å². The quantitative estimate of drug-likeness (QED) is 0.288. The van der Waals surface area contributed by atoms with Gasteiger partial charge < -0.3 is 10.2 Å². The number of unbranched alkanes of at least 4 members (excludes halogenated alkanes) is 3. The minimum Gasteiger partial charge on any atom is -0.357 e. The van der Waals surface area contributed by atoms with Crippen LogP contribution in [0.15, 0.2) is 46.8 Å². The van der Waals surface area contributed by atoms with Crippen LogP contribution in [-0.4, -0.2) is 39.4 Å². The first-order valence-electron chi connectivity index (χ1n) is 8.60. The number of aliphatic imine (C=N–C) groups is 1. The number of primary sulfonamides is 1. The van der Waals surface area contributed by atoms with Crippen molar-refractivity contribution >= 4 is 16.0 Å². The highest BCUT2D eigenvalue weighted by molar-refractivity contribution is 7.89. The van der Waals surface area contributed by atoms with E-state index < -0.39 is 10.0 Å². The molecule has 0 radical (unpaired) electrons. The first-order chi connectivity index (χ1) is 11.9. The first kappa shape index (κ1) is 21.2. The summed E-state index contributed by atoms with van der Waals surface area (Å²) in [5, 5.41) is 8.39. The van der Waals surface area contributed by atoms with E-state index in [1.54, 1.807) is 12.1 Å². The van der Waals surface area contributed by atoms with E-state index in [0.29, 0.717) is 6.54 Å². The van der Waals surface area contributed by atoms with Crippen LogP contribution in [0.3, 0.4) is 0 Å². The van der Waals surface area contributed by atoms with Gasteiger partial charge in [0.15, 0.2) is 5.96 Å². The molecule has 1 rings (SSSR count). The summed E-state index contributed by atoms with van der Waals surface area (Å²) in [6, 6.07) is 6.50. The molecule has 7 heteroatoms. The predicted octanol–water partition coefficient (Wildman–Crippen LogP) is 2.48. The van der Waals surface area contributed by atoms with Gasteiger partial charge in [0.2, 0.25) is 10.0 Å². The lowest BCUT2D eigenvalue weighted by Gasteiger charge is -2.22. The van der Waals surface area contributed by atoms with Gasteiger partial charge in [0.25, 0.3) is 0 Å². The smallest absolute Gasteiger partial charge is 0.238 e. The highest BCUT2D eigenvalue weighted by atomic mass is 32.2. The lowest BCUT2D eigenvalue weighted by atomic mass is 10.2. The number of allylic oxidation sites excluding steroid dienone is 1. The molecule has 0 aromatic heterocycles. The SMILES string of the molecule is C=CCCCCCN(C)C(=NCc1ccc(S(N)(=O)=O)cc1)NCC. The zero-order valence-corrected chi connectivity index (χ0v) is 16.1. The molecule has 0 saturated carbocycles. The Hall–Kier alpha value is -1.86. The molecule has 0 saturated heterocycles. The van der Waals surface area contributed by atoms with Crippen molar-refractivity contribution in [1.82, 2.24) is 10.2 Å². The molecular weight excluding hydrogens is 336 g/mol. The first-order valence-corrected chi connectivity index (χ1v) is 10.1. The topological polar surface area (TPSA) is 87.8 Å². The third kappa shape index (κ3) is 8.18. The number of rotatable bonds is 10. The second-order valence-corrected chi connectivity index (χ2v) is 7.48. The third-order valence-corrected chi connectivity index (χ3v) is 4.69. The molecule has 0 aliphatic rings. The molecule has 6 nitrogen and oxygen atoms in total. The van der Waals surface area contributed by atoms with Crippen molar-refractivity contribution in [2.75, 3.05) is 20.1 Å². The molecule has 140 valence electrons. The van der Waals surface area contributed by atoms with Crippen molar-refractivity contribution < 1.29 is 8.42 Å². The number of benzene rings is 1. The fraction of sp³-hybridized carbons (Fsp3) is 0.500. The molecule has 0 aliphatic carbocycles. The van der Waals surface area contributed by atoms with E-state index in [9.17, 15) is 8.42 Å².